The van der Waals surface area contributed by atoms with E-state index in [1.165, 1.54) is 36.0 Å². The van der Waals surface area contributed by atoms with Gasteiger partial charge in [0.1, 0.15) is 0 Å². The molecule has 1 aromatic carbocycles. The predicted octanol–water partition coefficient (Wildman–Crippen LogP) is 0.661. The Morgan fingerprint density at radius 3 is 2.44 bits per heavy atom. The van der Waals surface area contributed by atoms with E-state index in [-0.39, 0.29) is 11.4 Å². The Labute approximate surface area is 112 Å². The summed E-state index contributed by atoms with van der Waals surface area (Å²) in [6.45, 7) is 1.57. The third kappa shape index (κ3) is 4.49. The first-order chi connectivity index (χ1) is 8.27. The third-order valence-corrected chi connectivity index (χ3v) is 4.62. The van der Waals surface area contributed by atoms with Crippen LogP contribution in [0.5, 0.6) is 0 Å². The first kappa shape index (κ1) is 15.3. The highest BCUT2D eigenvalue weighted by Gasteiger charge is 2.23. The zero-order chi connectivity index (χ0) is 13.8. The SMILES string of the molecule is CSCC(C)(O)CNS(=O)(=O)c1ccc(N)cc1. The van der Waals surface area contributed by atoms with Crippen molar-refractivity contribution in [1.82, 2.24) is 4.72 Å². The van der Waals surface area contributed by atoms with Crippen LogP contribution in [0.1, 0.15) is 6.92 Å². The summed E-state index contributed by atoms with van der Waals surface area (Å²) in [4.78, 5) is 0.136. The van der Waals surface area contributed by atoms with Gasteiger partial charge < -0.3 is 10.8 Å². The summed E-state index contributed by atoms with van der Waals surface area (Å²) >= 11 is 1.46. The average molecular weight is 290 g/mol. The van der Waals surface area contributed by atoms with Gasteiger partial charge in [-0.15, -0.1) is 0 Å². The van der Waals surface area contributed by atoms with Crippen LogP contribution in [0.15, 0.2) is 29.2 Å². The molecule has 0 heterocycles. The fraction of sp³-hybridized carbons (Fsp3) is 0.455. The molecule has 7 heteroatoms. The summed E-state index contributed by atoms with van der Waals surface area (Å²) in [6, 6.07) is 5.91. The fourth-order valence-corrected chi connectivity index (χ4v) is 3.23. The number of hydrogen-bond donors (Lipinski definition) is 3. The van der Waals surface area contributed by atoms with E-state index in [4.69, 9.17) is 5.73 Å². The van der Waals surface area contributed by atoms with Gasteiger partial charge in [0.15, 0.2) is 0 Å². The van der Waals surface area contributed by atoms with Crippen LogP contribution in [0, 0.1) is 0 Å². The maximum Gasteiger partial charge on any atom is 0.240 e. The van der Waals surface area contributed by atoms with Gasteiger partial charge in [-0.3, -0.25) is 0 Å². The smallest absolute Gasteiger partial charge is 0.240 e. The maximum absolute atomic E-state index is 11.9. The number of anilines is 1. The van der Waals surface area contributed by atoms with Gasteiger partial charge in [0, 0.05) is 18.0 Å². The molecule has 1 unspecified atom stereocenters. The van der Waals surface area contributed by atoms with E-state index < -0.39 is 15.6 Å². The highest BCUT2D eigenvalue weighted by Crippen LogP contribution is 2.14. The van der Waals surface area contributed by atoms with Crippen molar-refractivity contribution in [1.29, 1.82) is 0 Å². The molecule has 4 N–H and O–H groups in total. The highest BCUT2D eigenvalue weighted by atomic mass is 32.2. The number of sulfonamides is 1. The van der Waals surface area contributed by atoms with Crippen LogP contribution in [-0.2, 0) is 10.0 Å². The molecule has 0 spiro atoms. The summed E-state index contributed by atoms with van der Waals surface area (Å²) in [5.41, 5.74) is 4.93. The van der Waals surface area contributed by atoms with E-state index in [1.54, 1.807) is 6.92 Å². The standard InChI is InChI=1S/C11H18N2O3S2/c1-11(14,8-17-2)7-13-18(15,16)10-5-3-9(12)4-6-10/h3-6,13-14H,7-8,12H2,1-2H3. The summed E-state index contributed by atoms with van der Waals surface area (Å²) in [6.07, 6.45) is 1.85. The minimum Gasteiger partial charge on any atom is -0.399 e. The van der Waals surface area contributed by atoms with Crippen molar-refractivity contribution < 1.29 is 13.5 Å². The van der Waals surface area contributed by atoms with Crippen LogP contribution < -0.4 is 10.5 Å². The second-order valence-electron chi connectivity index (χ2n) is 4.32. The van der Waals surface area contributed by atoms with Gasteiger partial charge in [-0.2, -0.15) is 11.8 Å². The lowest BCUT2D eigenvalue weighted by atomic mass is 10.1. The van der Waals surface area contributed by atoms with Crippen LogP contribution in [0.4, 0.5) is 5.69 Å². The van der Waals surface area contributed by atoms with E-state index in [0.717, 1.165) is 0 Å². The van der Waals surface area contributed by atoms with Crippen molar-refractivity contribution in [3.63, 3.8) is 0 Å². The Hall–Kier alpha value is -0.760. The molecule has 0 aliphatic carbocycles. The average Bonchev–Trinajstić information content (AvgIpc) is 2.27. The van der Waals surface area contributed by atoms with Gasteiger partial charge in [0.2, 0.25) is 10.0 Å². The lowest BCUT2D eigenvalue weighted by Crippen LogP contribution is -2.42. The lowest BCUT2D eigenvalue weighted by Gasteiger charge is -2.22. The van der Waals surface area contributed by atoms with Gasteiger partial charge in [-0.05, 0) is 37.4 Å². The zero-order valence-electron chi connectivity index (χ0n) is 10.4. The molecule has 0 aliphatic rings. The largest absolute Gasteiger partial charge is 0.399 e. The van der Waals surface area contributed by atoms with E-state index in [2.05, 4.69) is 4.72 Å². The van der Waals surface area contributed by atoms with E-state index in [9.17, 15) is 13.5 Å². The van der Waals surface area contributed by atoms with Gasteiger partial charge in [0.25, 0.3) is 0 Å². The molecule has 0 fully saturated rings. The number of nitrogens with two attached hydrogens (primary N) is 1. The molecule has 102 valence electrons. The van der Waals surface area contributed by atoms with Gasteiger partial charge in [-0.25, -0.2) is 13.1 Å². The Balaban J connectivity index is 2.74. The van der Waals surface area contributed by atoms with Crippen LogP contribution >= 0.6 is 11.8 Å². The van der Waals surface area contributed by atoms with Crippen LogP contribution in [0.3, 0.4) is 0 Å². The molecule has 0 bridgehead atoms. The molecule has 1 rings (SSSR count). The molecule has 1 atom stereocenters. The maximum atomic E-state index is 11.9. The number of aliphatic hydroxyl groups is 1. The molecule has 18 heavy (non-hydrogen) atoms. The normalized spacial score (nSPS) is 15.3. The number of benzene rings is 1. The summed E-state index contributed by atoms with van der Waals surface area (Å²) in [7, 11) is -3.60. The van der Waals surface area contributed by atoms with Crippen LogP contribution in [0.25, 0.3) is 0 Å². The monoisotopic (exact) mass is 290 g/mol. The molecule has 5 nitrogen and oxygen atoms in total. The van der Waals surface area contributed by atoms with Crippen LogP contribution in [-0.4, -0.2) is 37.7 Å². The van der Waals surface area contributed by atoms with Crippen molar-refractivity contribution >= 4 is 27.5 Å². The molecule has 0 saturated heterocycles. The number of nitrogen functional groups attached to an aromatic ring is 1. The first-order valence-electron chi connectivity index (χ1n) is 5.33. The van der Waals surface area contributed by atoms with Crippen molar-refractivity contribution in [2.45, 2.75) is 17.4 Å². The second-order valence-corrected chi connectivity index (χ2v) is 6.96. The number of nitrogens with one attached hydrogen (secondary N) is 1. The van der Waals surface area contributed by atoms with Gasteiger partial charge >= 0.3 is 0 Å². The van der Waals surface area contributed by atoms with Crippen molar-refractivity contribution in [3.05, 3.63) is 24.3 Å². The topological polar surface area (TPSA) is 92.4 Å². The number of thioether (sulfide) groups is 1. The van der Waals surface area contributed by atoms with E-state index in [0.29, 0.717) is 11.4 Å². The molecule has 0 amide bonds. The number of hydrogen-bond acceptors (Lipinski definition) is 5. The van der Waals surface area contributed by atoms with Gasteiger partial charge in [-0.1, -0.05) is 0 Å². The van der Waals surface area contributed by atoms with E-state index in [1.807, 2.05) is 6.26 Å². The summed E-state index contributed by atoms with van der Waals surface area (Å²) < 4.78 is 26.2. The molecule has 0 radical (unpaired) electrons. The number of rotatable bonds is 6. The zero-order valence-corrected chi connectivity index (χ0v) is 12.0. The molecule has 0 saturated carbocycles. The van der Waals surface area contributed by atoms with Crippen molar-refractivity contribution in [2.75, 3.05) is 24.3 Å². The molecule has 1 aromatic rings. The second kappa shape index (κ2) is 5.92. The molecular weight excluding hydrogens is 272 g/mol. The Morgan fingerprint density at radius 1 is 1.39 bits per heavy atom. The summed E-state index contributed by atoms with van der Waals surface area (Å²) in [5, 5.41) is 9.90. The van der Waals surface area contributed by atoms with Gasteiger partial charge in [0.05, 0.1) is 10.5 Å². The Morgan fingerprint density at radius 2 is 1.94 bits per heavy atom. The van der Waals surface area contributed by atoms with Crippen molar-refractivity contribution in [2.24, 2.45) is 0 Å². The molecular formula is C11H18N2O3S2. The van der Waals surface area contributed by atoms with E-state index >= 15 is 0 Å². The molecule has 0 aromatic heterocycles. The Kier molecular flexibility index (Phi) is 5.03. The predicted molar refractivity (Wildman–Crippen MR) is 75.0 cm³/mol. The highest BCUT2D eigenvalue weighted by molar-refractivity contribution is 7.98. The Bertz CT molecular complexity index is 484. The van der Waals surface area contributed by atoms with Crippen molar-refractivity contribution in [3.8, 4) is 0 Å². The fourth-order valence-electron chi connectivity index (χ4n) is 1.34. The lowest BCUT2D eigenvalue weighted by molar-refractivity contribution is 0.0908. The summed E-state index contributed by atoms with van der Waals surface area (Å²) in [5.74, 6) is 0.456. The first-order valence-corrected chi connectivity index (χ1v) is 8.21. The molecule has 0 aliphatic heterocycles. The quantitative estimate of drug-likeness (QED) is 0.669. The third-order valence-electron chi connectivity index (χ3n) is 2.29. The van der Waals surface area contributed by atoms with Crippen LogP contribution in [0.2, 0.25) is 0 Å². The minimum atomic E-state index is -3.60. The minimum absolute atomic E-state index is 0.0272.